The average molecular weight is 580 g/mol. The molecule has 0 aromatic heterocycles. The summed E-state index contributed by atoms with van der Waals surface area (Å²) in [6.07, 6.45) is 4.05. The zero-order valence-electron chi connectivity index (χ0n) is 24.9. The standard InChI is InChI=1S/C32H41N3O7/c1-5-39-29(36)8-6-7-17-40-27-18-23(19-28(20-27)41-26-15-9-22(21-33)10-16-26)30(37)34-24-11-13-25(14-12-24)35-31(38)42-32(2,3)4/h9-10,15-16,18-20,24-25H,5-8,11-14,17H2,1-4H3,(H,34,37)(H,35,38). The predicted molar refractivity (Wildman–Crippen MR) is 157 cm³/mol. The van der Waals surface area contributed by atoms with Crippen LogP contribution < -0.4 is 20.1 Å². The number of hydrogen-bond acceptors (Lipinski definition) is 8. The molecule has 1 aliphatic rings. The van der Waals surface area contributed by atoms with Crippen LogP contribution in [0.4, 0.5) is 4.79 Å². The number of unbranched alkanes of at least 4 members (excludes halogenated alkanes) is 1. The van der Waals surface area contributed by atoms with E-state index in [1.165, 1.54) is 0 Å². The fraction of sp³-hybridized carbons (Fsp3) is 0.500. The maximum absolute atomic E-state index is 13.3. The van der Waals surface area contributed by atoms with Crippen molar-refractivity contribution in [3.63, 3.8) is 0 Å². The van der Waals surface area contributed by atoms with Crippen molar-refractivity contribution in [1.82, 2.24) is 10.6 Å². The van der Waals surface area contributed by atoms with Crippen LogP contribution in [0.5, 0.6) is 17.2 Å². The highest BCUT2D eigenvalue weighted by atomic mass is 16.6. The SMILES string of the molecule is CCOC(=O)CCCCOc1cc(Oc2ccc(C#N)cc2)cc(C(=O)NC2CCC(NC(=O)OC(C)(C)C)CC2)c1. The van der Waals surface area contributed by atoms with E-state index < -0.39 is 11.7 Å². The maximum Gasteiger partial charge on any atom is 0.407 e. The summed E-state index contributed by atoms with van der Waals surface area (Å²) in [5, 5.41) is 15.1. The molecule has 0 radical (unpaired) electrons. The van der Waals surface area contributed by atoms with E-state index in [0.717, 1.165) is 25.7 Å². The number of amides is 2. The molecule has 0 unspecified atom stereocenters. The fourth-order valence-electron chi connectivity index (χ4n) is 4.50. The average Bonchev–Trinajstić information content (AvgIpc) is 2.93. The molecular formula is C32H41N3O7. The van der Waals surface area contributed by atoms with E-state index in [1.54, 1.807) is 49.4 Å². The number of carbonyl (C=O) groups is 3. The molecule has 1 saturated carbocycles. The van der Waals surface area contributed by atoms with Crippen LogP contribution in [0.1, 0.15) is 88.6 Å². The zero-order valence-corrected chi connectivity index (χ0v) is 24.9. The number of benzene rings is 2. The maximum atomic E-state index is 13.3. The molecule has 2 aromatic rings. The van der Waals surface area contributed by atoms with E-state index in [4.69, 9.17) is 24.2 Å². The molecule has 0 bridgehead atoms. The second-order valence-electron chi connectivity index (χ2n) is 11.2. The fourth-order valence-corrected chi connectivity index (χ4v) is 4.50. The molecule has 1 fully saturated rings. The largest absolute Gasteiger partial charge is 0.493 e. The number of rotatable bonds is 12. The Morgan fingerprint density at radius 1 is 0.905 bits per heavy atom. The smallest absolute Gasteiger partial charge is 0.407 e. The lowest BCUT2D eigenvalue weighted by atomic mass is 9.91. The van der Waals surface area contributed by atoms with E-state index in [-0.39, 0.29) is 24.0 Å². The van der Waals surface area contributed by atoms with Gasteiger partial charge in [0.1, 0.15) is 22.8 Å². The zero-order chi connectivity index (χ0) is 30.5. The number of esters is 1. The quantitative estimate of drug-likeness (QED) is 0.230. The summed E-state index contributed by atoms with van der Waals surface area (Å²) in [4.78, 5) is 37.0. The van der Waals surface area contributed by atoms with Gasteiger partial charge >= 0.3 is 12.1 Å². The van der Waals surface area contributed by atoms with Crippen molar-refractivity contribution in [2.75, 3.05) is 13.2 Å². The predicted octanol–water partition coefficient (Wildman–Crippen LogP) is 6.03. The monoisotopic (exact) mass is 579 g/mol. The molecular weight excluding hydrogens is 538 g/mol. The first-order valence-corrected chi connectivity index (χ1v) is 14.5. The van der Waals surface area contributed by atoms with Crippen LogP contribution in [-0.4, -0.2) is 48.9 Å². The summed E-state index contributed by atoms with van der Waals surface area (Å²) in [6, 6.07) is 13.7. The molecule has 2 N–H and O–H groups in total. The second kappa shape index (κ2) is 15.7. The Labute approximate surface area is 247 Å². The highest BCUT2D eigenvalue weighted by molar-refractivity contribution is 5.95. The van der Waals surface area contributed by atoms with Crippen LogP contribution in [0.15, 0.2) is 42.5 Å². The summed E-state index contributed by atoms with van der Waals surface area (Å²) in [5.41, 5.74) is 0.341. The van der Waals surface area contributed by atoms with Gasteiger partial charge in [-0.2, -0.15) is 5.26 Å². The van der Waals surface area contributed by atoms with Crippen molar-refractivity contribution in [2.24, 2.45) is 0 Å². The Balaban J connectivity index is 1.61. The van der Waals surface area contributed by atoms with Crippen LogP contribution in [-0.2, 0) is 14.3 Å². The van der Waals surface area contributed by atoms with Crippen LogP contribution in [0.2, 0.25) is 0 Å². The van der Waals surface area contributed by atoms with Gasteiger partial charge in [-0.1, -0.05) is 0 Å². The number of nitrogens with zero attached hydrogens (tertiary/aromatic N) is 1. The van der Waals surface area contributed by atoms with Crippen molar-refractivity contribution in [2.45, 2.75) is 90.3 Å². The minimum Gasteiger partial charge on any atom is -0.493 e. The minimum absolute atomic E-state index is 0.000910. The van der Waals surface area contributed by atoms with Gasteiger partial charge in [-0.15, -0.1) is 0 Å². The molecule has 0 heterocycles. The third-order valence-electron chi connectivity index (χ3n) is 6.49. The van der Waals surface area contributed by atoms with Gasteiger partial charge in [-0.3, -0.25) is 9.59 Å². The topological polar surface area (TPSA) is 136 Å². The molecule has 0 atom stereocenters. The van der Waals surface area contributed by atoms with Crippen molar-refractivity contribution < 1.29 is 33.3 Å². The van der Waals surface area contributed by atoms with Crippen LogP contribution in [0, 0.1) is 11.3 Å². The summed E-state index contributed by atoms with van der Waals surface area (Å²) >= 11 is 0. The minimum atomic E-state index is -0.557. The highest BCUT2D eigenvalue weighted by Crippen LogP contribution is 2.29. The van der Waals surface area contributed by atoms with Crippen molar-refractivity contribution >= 4 is 18.0 Å². The molecule has 42 heavy (non-hydrogen) atoms. The van der Waals surface area contributed by atoms with Gasteiger partial charge in [0.2, 0.25) is 0 Å². The molecule has 2 amide bonds. The van der Waals surface area contributed by atoms with E-state index in [0.29, 0.717) is 60.9 Å². The van der Waals surface area contributed by atoms with E-state index in [1.807, 2.05) is 20.8 Å². The lowest BCUT2D eigenvalue weighted by Gasteiger charge is -2.30. The lowest BCUT2D eigenvalue weighted by molar-refractivity contribution is -0.143. The van der Waals surface area contributed by atoms with Gasteiger partial charge in [-0.05, 0) is 103 Å². The van der Waals surface area contributed by atoms with Gasteiger partial charge in [-0.25, -0.2) is 4.79 Å². The number of nitriles is 1. The summed E-state index contributed by atoms with van der Waals surface area (Å²) in [6.45, 7) is 7.97. The Hall–Kier alpha value is -4.26. The van der Waals surface area contributed by atoms with Crippen LogP contribution >= 0.6 is 0 Å². The Bertz CT molecular complexity index is 1240. The molecule has 226 valence electrons. The normalized spacial score (nSPS) is 16.5. The molecule has 1 aliphatic carbocycles. The summed E-state index contributed by atoms with van der Waals surface area (Å²) in [7, 11) is 0. The van der Waals surface area contributed by atoms with Gasteiger partial charge in [0.05, 0.1) is 24.8 Å². The Kier molecular flexibility index (Phi) is 12.0. The van der Waals surface area contributed by atoms with Gasteiger partial charge in [0.25, 0.3) is 5.91 Å². The first-order chi connectivity index (χ1) is 20.0. The number of alkyl carbamates (subject to hydrolysis) is 1. The molecule has 0 spiro atoms. The molecule has 10 nitrogen and oxygen atoms in total. The number of hydrogen-bond donors (Lipinski definition) is 2. The summed E-state index contributed by atoms with van der Waals surface area (Å²) < 4.78 is 22.2. The highest BCUT2D eigenvalue weighted by Gasteiger charge is 2.26. The van der Waals surface area contributed by atoms with Gasteiger partial charge in [0.15, 0.2) is 0 Å². The second-order valence-corrected chi connectivity index (χ2v) is 11.2. The van der Waals surface area contributed by atoms with Crippen molar-refractivity contribution in [3.05, 3.63) is 53.6 Å². The first-order valence-electron chi connectivity index (χ1n) is 14.5. The third kappa shape index (κ3) is 11.3. The first kappa shape index (κ1) is 32.3. The molecule has 3 rings (SSSR count). The lowest BCUT2D eigenvalue weighted by Crippen LogP contribution is -2.45. The van der Waals surface area contributed by atoms with Crippen molar-refractivity contribution in [1.29, 1.82) is 5.26 Å². The van der Waals surface area contributed by atoms with E-state index in [9.17, 15) is 14.4 Å². The van der Waals surface area contributed by atoms with E-state index in [2.05, 4.69) is 16.7 Å². The molecule has 0 aliphatic heterocycles. The molecule has 0 saturated heterocycles. The van der Waals surface area contributed by atoms with Gasteiger partial charge in [0, 0.05) is 30.1 Å². The molecule has 10 heteroatoms. The van der Waals surface area contributed by atoms with E-state index >= 15 is 0 Å². The summed E-state index contributed by atoms with van der Waals surface area (Å²) in [5.74, 6) is 0.912. The Morgan fingerprint density at radius 3 is 2.17 bits per heavy atom. The number of ether oxygens (including phenoxy) is 4. The Morgan fingerprint density at radius 2 is 1.55 bits per heavy atom. The van der Waals surface area contributed by atoms with Gasteiger partial charge < -0.3 is 29.6 Å². The number of nitrogens with one attached hydrogen (secondary N) is 2. The number of carbonyl (C=O) groups excluding carboxylic acids is 3. The third-order valence-corrected chi connectivity index (χ3v) is 6.49. The van der Waals surface area contributed by atoms with Crippen LogP contribution in [0.25, 0.3) is 0 Å². The molecule has 2 aromatic carbocycles. The van der Waals surface area contributed by atoms with Crippen molar-refractivity contribution in [3.8, 4) is 23.3 Å². The van der Waals surface area contributed by atoms with Crippen LogP contribution in [0.3, 0.4) is 0 Å².